The van der Waals surface area contributed by atoms with Gasteiger partial charge in [-0.05, 0) is 66.0 Å². The van der Waals surface area contributed by atoms with E-state index in [-0.39, 0.29) is 17.7 Å². The first-order valence-electron chi connectivity index (χ1n) is 8.15. The normalized spacial score (nSPS) is 16.7. The summed E-state index contributed by atoms with van der Waals surface area (Å²) in [4.78, 5) is 11.7. The number of aryl methyl sites for hydroxylation is 2. The van der Waals surface area contributed by atoms with E-state index in [1.165, 1.54) is 18.7 Å². The molecule has 6 heteroatoms. The number of hydrogen-bond donors (Lipinski definition) is 0. The molecule has 3 rings (SSSR count). The number of carbonyl (C=O) groups is 1. The molecule has 1 aliphatic rings. The van der Waals surface area contributed by atoms with Gasteiger partial charge in [-0.2, -0.15) is 5.10 Å². The molecule has 0 unspecified atom stereocenters. The number of fused-ring (bicyclic) bond motifs is 1. The third-order valence-electron chi connectivity index (χ3n) is 4.51. The van der Waals surface area contributed by atoms with Crippen LogP contribution in [0.5, 0.6) is 0 Å². The third kappa shape index (κ3) is 3.79. The molecule has 128 valence electrons. The topological polar surface area (TPSA) is 44.1 Å². The molecular weight excluding hydrogens is 422 g/mol. The molecule has 0 radical (unpaired) electrons. The first kappa shape index (κ1) is 17.4. The number of hydrogen-bond acceptors (Lipinski definition) is 3. The number of ether oxygens (including phenoxy) is 1. The van der Waals surface area contributed by atoms with Crippen LogP contribution in [0.15, 0.2) is 24.3 Å². The zero-order valence-corrected chi connectivity index (χ0v) is 15.8. The predicted octanol–water partition coefficient (Wildman–Crippen LogP) is 3.54. The van der Waals surface area contributed by atoms with E-state index in [9.17, 15) is 9.18 Å². The molecule has 0 saturated carbocycles. The van der Waals surface area contributed by atoms with E-state index < -0.39 is 0 Å². The van der Waals surface area contributed by atoms with Crippen molar-refractivity contribution in [2.45, 2.75) is 38.6 Å². The standard InChI is InChI=1S/C18H20FIN2O2/c1-24-18(23)13-7-8-15-16(11-13)21-22(17(15)20)9-3-5-12-4-2-6-14(19)10-12/h2,4,6,10,13H,3,5,7-9,11H2,1H3/t13-/m0/s1. The molecule has 1 aromatic heterocycles. The van der Waals surface area contributed by atoms with Gasteiger partial charge in [-0.15, -0.1) is 0 Å². The van der Waals surface area contributed by atoms with Gasteiger partial charge in [0.05, 0.1) is 18.7 Å². The highest BCUT2D eigenvalue weighted by molar-refractivity contribution is 14.1. The maximum atomic E-state index is 13.2. The summed E-state index contributed by atoms with van der Waals surface area (Å²) in [5.74, 6) is -0.407. The second-order valence-electron chi connectivity index (χ2n) is 6.14. The van der Waals surface area contributed by atoms with Gasteiger partial charge in [-0.1, -0.05) is 12.1 Å². The molecule has 0 spiro atoms. The van der Waals surface area contributed by atoms with E-state index in [0.717, 1.165) is 47.2 Å². The molecule has 0 saturated heterocycles. The lowest BCUT2D eigenvalue weighted by Crippen LogP contribution is -2.23. The van der Waals surface area contributed by atoms with Crippen LogP contribution in [-0.2, 0) is 35.3 Å². The van der Waals surface area contributed by atoms with E-state index >= 15 is 0 Å². The van der Waals surface area contributed by atoms with Crippen LogP contribution < -0.4 is 0 Å². The van der Waals surface area contributed by atoms with Crippen LogP contribution in [0.1, 0.15) is 29.7 Å². The minimum atomic E-state index is -0.189. The Kier molecular flexibility index (Phi) is 5.53. The van der Waals surface area contributed by atoms with Crippen molar-refractivity contribution in [1.29, 1.82) is 0 Å². The molecule has 0 N–H and O–H groups in total. The fourth-order valence-corrected chi connectivity index (χ4v) is 4.16. The first-order valence-corrected chi connectivity index (χ1v) is 9.22. The van der Waals surface area contributed by atoms with Crippen molar-refractivity contribution in [2.75, 3.05) is 7.11 Å². The van der Waals surface area contributed by atoms with Crippen molar-refractivity contribution in [3.8, 4) is 0 Å². The lowest BCUT2D eigenvalue weighted by Gasteiger charge is -2.18. The van der Waals surface area contributed by atoms with Crippen molar-refractivity contribution in [3.05, 3.63) is 50.6 Å². The molecule has 1 aliphatic carbocycles. The highest BCUT2D eigenvalue weighted by Crippen LogP contribution is 2.29. The first-order chi connectivity index (χ1) is 11.6. The number of nitrogens with zero attached hydrogens (tertiary/aromatic N) is 2. The largest absolute Gasteiger partial charge is 0.469 e. The van der Waals surface area contributed by atoms with Crippen molar-refractivity contribution < 1.29 is 13.9 Å². The molecule has 0 amide bonds. The Bertz CT molecular complexity index is 745. The minimum absolute atomic E-state index is 0.0751. The van der Waals surface area contributed by atoms with E-state index in [1.807, 2.05) is 10.7 Å². The van der Waals surface area contributed by atoms with E-state index in [0.29, 0.717) is 6.42 Å². The van der Waals surface area contributed by atoms with E-state index in [4.69, 9.17) is 9.84 Å². The van der Waals surface area contributed by atoms with Crippen LogP contribution >= 0.6 is 22.6 Å². The Morgan fingerprint density at radius 1 is 1.50 bits per heavy atom. The maximum absolute atomic E-state index is 13.2. The molecule has 2 aromatic rings. The number of methoxy groups -OCH3 is 1. The highest BCUT2D eigenvalue weighted by Gasteiger charge is 2.29. The van der Waals surface area contributed by atoms with Gasteiger partial charge >= 0.3 is 5.97 Å². The summed E-state index contributed by atoms with van der Waals surface area (Å²) < 4.78 is 21.2. The Hall–Kier alpha value is -1.44. The van der Waals surface area contributed by atoms with Gasteiger partial charge in [0.1, 0.15) is 9.52 Å². The molecule has 1 atom stereocenters. The zero-order chi connectivity index (χ0) is 17.1. The van der Waals surface area contributed by atoms with Gasteiger partial charge in [0.2, 0.25) is 0 Å². The lowest BCUT2D eigenvalue weighted by atomic mass is 9.88. The smallest absolute Gasteiger partial charge is 0.309 e. The van der Waals surface area contributed by atoms with E-state index in [1.54, 1.807) is 12.1 Å². The summed E-state index contributed by atoms with van der Waals surface area (Å²) in [6.45, 7) is 0.796. The van der Waals surface area contributed by atoms with Gasteiger partial charge < -0.3 is 4.74 Å². The van der Waals surface area contributed by atoms with Gasteiger partial charge in [0.25, 0.3) is 0 Å². The van der Waals surface area contributed by atoms with Crippen molar-refractivity contribution in [3.63, 3.8) is 0 Å². The molecule has 4 nitrogen and oxygen atoms in total. The number of aromatic nitrogens is 2. The molecule has 1 aromatic carbocycles. The van der Waals surface area contributed by atoms with E-state index in [2.05, 4.69) is 22.6 Å². The second kappa shape index (κ2) is 7.63. The third-order valence-corrected chi connectivity index (χ3v) is 5.71. The van der Waals surface area contributed by atoms with Crippen molar-refractivity contribution >= 4 is 28.6 Å². The van der Waals surface area contributed by atoms with Gasteiger partial charge in [0, 0.05) is 18.5 Å². The summed E-state index contributed by atoms with van der Waals surface area (Å²) in [5, 5.41) is 4.69. The second-order valence-corrected chi connectivity index (χ2v) is 7.16. The number of benzene rings is 1. The fraction of sp³-hybridized carbons (Fsp3) is 0.444. The van der Waals surface area contributed by atoms with Crippen LogP contribution in [0.25, 0.3) is 0 Å². The van der Waals surface area contributed by atoms with Crippen molar-refractivity contribution in [2.24, 2.45) is 5.92 Å². The SMILES string of the molecule is COC(=O)[C@H]1CCc2c(nn(CCCc3cccc(F)c3)c2I)C1. The summed E-state index contributed by atoms with van der Waals surface area (Å²) in [6, 6.07) is 6.74. The Morgan fingerprint density at radius 2 is 2.33 bits per heavy atom. The summed E-state index contributed by atoms with van der Waals surface area (Å²) in [5.41, 5.74) is 3.29. The van der Waals surface area contributed by atoms with Crippen LogP contribution in [0.4, 0.5) is 4.39 Å². The summed E-state index contributed by atoms with van der Waals surface area (Å²) in [6.07, 6.45) is 4.08. The summed E-state index contributed by atoms with van der Waals surface area (Å²) in [7, 11) is 1.44. The molecule has 0 bridgehead atoms. The quantitative estimate of drug-likeness (QED) is 0.526. The van der Waals surface area contributed by atoms with Crippen LogP contribution in [0.2, 0.25) is 0 Å². The van der Waals surface area contributed by atoms with Crippen LogP contribution in [0.3, 0.4) is 0 Å². The minimum Gasteiger partial charge on any atom is -0.469 e. The Morgan fingerprint density at radius 3 is 3.08 bits per heavy atom. The van der Waals surface area contributed by atoms with Crippen molar-refractivity contribution in [1.82, 2.24) is 9.78 Å². The average Bonchev–Trinajstić information content (AvgIpc) is 2.90. The van der Waals surface area contributed by atoms with Crippen LogP contribution in [-0.4, -0.2) is 22.9 Å². The monoisotopic (exact) mass is 442 g/mol. The Balaban J connectivity index is 1.63. The van der Waals surface area contributed by atoms with Gasteiger partial charge in [-0.3, -0.25) is 9.48 Å². The maximum Gasteiger partial charge on any atom is 0.309 e. The van der Waals surface area contributed by atoms with Gasteiger partial charge in [0.15, 0.2) is 0 Å². The molecule has 0 fully saturated rings. The van der Waals surface area contributed by atoms with Crippen LogP contribution in [0, 0.1) is 15.4 Å². The fourth-order valence-electron chi connectivity index (χ4n) is 3.23. The molecular formula is C18H20FIN2O2. The summed E-state index contributed by atoms with van der Waals surface area (Å²) >= 11 is 2.34. The molecule has 0 aliphatic heterocycles. The number of carbonyl (C=O) groups excluding carboxylic acids is 1. The zero-order valence-electron chi connectivity index (χ0n) is 13.6. The molecule has 24 heavy (non-hydrogen) atoms. The predicted molar refractivity (Wildman–Crippen MR) is 97.2 cm³/mol. The average molecular weight is 442 g/mol. The highest BCUT2D eigenvalue weighted by atomic mass is 127. The number of rotatable bonds is 5. The number of esters is 1. The Labute approximate surface area is 154 Å². The lowest BCUT2D eigenvalue weighted by molar-refractivity contribution is -0.145. The number of halogens is 2. The van der Waals surface area contributed by atoms with Gasteiger partial charge in [-0.25, -0.2) is 4.39 Å². The molecule has 1 heterocycles.